The largest absolute Gasteiger partial charge is 0.507 e. The number of rotatable bonds is 4. The highest BCUT2D eigenvalue weighted by molar-refractivity contribution is 6.51. The molecule has 7 heteroatoms. The molecule has 2 unspecified atom stereocenters. The van der Waals surface area contributed by atoms with Gasteiger partial charge in [-0.15, -0.1) is 0 Å². The van der Waals surface area contributed by atoms with Gasteiger partial charge in [0.15, 0.2) is 0 Å². The maximum absolute atomic E-state index is 13.3. The van der Waals surface area contributed by atoms with E-state index in [-0.39, 0.29) is 17.4 Å². The number of amides is 1. The van der Waals surface area contributed by atoms with E-state index in [0.717, 1.165) is 11.3 Å². The molecule has 0 aliphatic carbocycles. The van der Waals surface area contributed by atoms with Crippen molar-refractivity contribution in [1.82, 2.24) is 4.98 Å². The van der Waals surface area contributed by atoms with Crippen molar-refractivity contribution in [2.75, 3.05) is 12.0 Å². The third-order valence-electron chi connectivity index (χ3n) is 5.98. The van der Waals surface area contributed by atoms with E-state index >= 15 is 0 Å². The van der Waals surface area contributed by atoms with E-state index in [1.54, 1.807) is 60.9 Å². The van der Waals surface area contributed by atoms with E-state index in [9.17, 15) is 14.7 Å². The Hall–Kier alpha value is -4.13. The summed E-state index contributed by atoms with van der Waals surface area (Å²) < 4.78 is 11.2. The Morgan fingerprint density at radius 1 is 1.12 bits per heavy atom. The SMILES string of the molecule is COc1ccccc1N1C(=O)C(=O)/C(=C(\O)c2ccc3c(c2)CC(C)O3)C1c1ccncc1. The number of Topliss-reactive ketones (excluding diaryl/α,β-unsaturated/α-hetero) is 1. The van der Waals surface area contributed by atoms with Crippen LogP contribution in [0.3, 0.4) is 0 Å². The predicted molar refractivity (Wildman–Crippen MR) is 122 cm³/mol. The monoisotopic (exact) mass is 442 g/mol. The van der Waals surface area contributed by atoms with Crippen molar-refractivity contribution >= 4 is 23.1 Å². The normalized spacial score (nSPS) is 21.1. The molecule has 0 saturated carbocycles. The summed E-state index contributed by atoms with van der Waals surface area (Å²) in [5, 5.41) is 11.3. The fraction of sp³-hybridized carbons (Fsp3) is 0.192. The zero-order chi connectivity index (χ0) is 23.1. The van der Waals surface area contributed by atoms with E-state index in [4.69, 9.17) is 9.47 Å². The molecule has 2 aromatic carbocycles. The maximum Gasteiger partial charge on any atom is 0.300 e. The van der Waals surface area contributed by atoms with Gasteiger partial charge in [-0.25, -0.2) is 0 Å². The summed E-state index contributed by atoms with van der Waals surface area (Å²) in [6.45, 7) is 1.97. The molecule has 2 atom stereocenters. The first-order chi connectivity index (χ1) is 16.0. The van der Waals surface area contributed by atoms with Crippen molar-refractivity contribution in [3.8, 4) is 11.5 Å². The van der Waals surface area contributed by atoms with Crippen molar-refractivity contribution in [2.24, 2.45) is 0 Å². The molecule has 0 bridgehead atoms. The van der Waals surface area contributed by atoms with Gasteiger partial charge in [0.1, 0.15) is 23.4 Å². The fourth-order valence-electron chi connectivity index (χ4n) is 4.50. The minimum atomic E-state index is -0.840. The number of carbonyl (C=O) groups is 2. The van der Waals surface area contributed by atoms with Crippen molar-refractivity contribution in [2.45, 2.75) is 25.5 Å². The lowest BCUT2D eigenvalue weighted by molar-refractivity contribution is -0.132. The number of ether oxygens (including phenoxy) is 2. The van der Waals surface area contributed by atoms with Crippen LogP contribution in [0.2, 0.25) is 0 Å². The Balaban J connectivity index is 1.70. The smallest absolute Gasteiger partial charge is 0.300 e. The summed E-state index contributed by atoms with van der Waals surface area (Å²) in [6.07, 6.45) is 3.93. The second-order valence-corrected chi connectivity index (χ2v) is 8.08. The molecule has 2 aliphatic heterocycles. The number of hydrogen-bond donors (Lipinski definition) is 1. The number of carbonyl (C=O) groups excluding carboxylic acids is 2. The first kappa shape index (κ1) is 20.8. The lowest BCUT2D eigenvalue weighted by atomic mass is 9.95. The molecule has 1 aromatic heterocycles. The molecule has 0 radical (unpaired) electrons. The number of nitrogens with zero attached hydrogens (tertiary/aromatic N) is 2. The van der Waals surface area contributed by atoms with Gasteiger partial charge in [0.2, 0.25) is 0 Å². The first-order valence-corrected chi connectivity index (χ1v) is 10.6. The molecule has 33 heavy (non-hydrogen) atoms. The number of fused-ring (bicyclic) bond motifs is 1. The van der Waals surface area contributed by atoms with Crippen LogP contribution >= 0.6 is 0 Å². The molecule has 1 saturated heterocycles. The molecule has 1 amide bonds. The fourth-order valence-corrected chi connectivity index (χ4v) is 4.50. The van der Waals surface area contributed by atoms with E-state index in [0.29, 0.717) is 29.0 Å². The van der Waals surface area contributed by atoms with Crippen LogP contribution in [0, 0.1) is 0 Å². The average Bonchev–Trinajstić information content (AvgIpc) is 3.34. The number of hydrogen-bond acceptors (Lipinski definition) is 6. The third-order valence-corrected chi connectivity index (χ3v) is 5.98. The van der Waals surface area contributed by atoms with Crippen LogP contribution in [0.25, 0.3) is 5.76 Å². The Morgan fingerprint density at radius 2 is 1.88 bits per heavy atom. The van der Waals surface area contributed by atoms with Crippen LogP contribution in [-0.2, 0) is 16.0 Å². The summed E-state index contributed by atoms with van der Waals surface area (Å²) in [5.74, 6) is -0.512. The van der Waals surface area contributed by atoms with Crippen molar-refractivity contribution in [1.29, 1.82) is 0 Å². The second-order valence-electron chi connectivity index (χ2n) is 8.08. The average molecular weight is 442 g/mol. The van der Waals surface area contributed by atoms with E-state index in [1.165, 1.54) is 12.0 Å². The topological polar surface area (TPSA) is 89.0 Å². The zero-order valence-electron chi connectivity index (χ0n) is 18.2. The van der Waals surface area contributed by atoms with Crippen LogP contribution in [0.15, 0.2) is 72.6 Å². The molecule has 0 spiro atoms. The molecule has 2 aliphatic rings. The summed E-state index contributed by atoms with van der Waals surface area (Å²) in [7, 11) is 1.50. The number of ketones is 1. The van der Waals surface area contributed by atoms with Gasteiger partial charge in [0.05, 0.1) is 24.4 Å². The lowest BCUT2D eigenvalue weighted by Crippen LogP contribution is -2.29. The van der Waals surface area contributed by atoms with Crippen LogP contribution in [0.5, 0.6) is 11.5 Å². The number of aliphatic hydroxyl groups excluding tert-OH is 1. The summed E-state index contributed by atoms with van der Waals surface area (Å²) in [5.41, 5.74) is 2.52. The Labute approximate surface area is 190 Å². The van der Waals surface area contributed by atoms with Gasteiger partial charge in [0, 0.05) is 24.4 Å². The van der Waals surface area contributed by atoms with Crippen molar-refractivity contribution in [3.63, 3.8) is 0 Å². The minimum absolute atomic E-state index is 0.0176. The molecular formula is C26H22N2O5. The number of aromatic nitrogens is 1. The van der Waals surface area contributed by atoms with Gasteiger partial charge < -0.3 is 14.6 Å². The Bertz CT molecular complexity index is 1280. The van der Waals surface area contributed by atoms with Crippen LogP contribution in [0.4, 0.5) is 5.69 Å². The highest BCUT2D eigenvalue weighted by Gasteiger charge is 2.47. The molecule has 3 aromatic rings. The zero-order valence-corrected chi connectivity index (χ0v) is 18.2. The molecule has 166 valence electrons. The second kappa shape index (κ2) is 8.09. The molecule has 3 heterocycles. The Morgan fingerprint density at radius 3 is 2.64 bits per heavy atom. The number of aliphatic hydroxyl groups is 1. The van der Waals surface area contributed by atoms with Crippen molar-refractivity contribution in [3.05, 3.63) is 89.3 Å². The van der Waals surface area contributed by atoms with Crippen LogP contribution in [-0.4, -0.2) is 35.0 Å². The standard InChI is InChI=1S/C26H22N2O5/c1-15-13-18-14-17(7-8-20(18)33-15)24(29)22-23(16-9-11-27-12-10-16)28(26(31)25(22)30)19-5-3-4-6-21(19)32-2/h3-12,14-15,23,29H,13H2,1-2H3/b24-22-. The van der Waals surface area contributed by atoms with E-state index < -0.39 is 17.7 Å². The van der Waals surface area contributed by atoms with Gasteiger partial charge in [-0.2, -0.15) is 0 Å². The quantitative estimate of drug-likeness (QED) is 0.373. The number of methoxy groups -OCH3 is 1. The highest BCUT2D eigenvalue weighted by atomic mass is 16.5. The van der Waals surface area contributed by atoms with E-state index in [1.807, 2.05) is 13.0 Å². The number of pyridine rings is 1. The number of benzene rings is 2. The van der Waals surface area contributed by atoms with Crippen LogP contribution < -0.4 is 14.4 Å². The van der Waals surface area contributed by atoms with E-state index in [2.05, 4.69) is 4.98 Å². The first-order valence-electron chi connectivity index (χ1n) is 10.6. The minimum Gasteiger partial charge on any atom is -0.507 e. The molecule has 1 fully saturated rings. The predicted octanol–water partition coefficient (Wildman–Crippen LogP) is 4.04. The lowest BCUT2D eigenvalue weighted by Gasteiger charge is -2.26. The maximum atomic E-state index is 13.3. The van der Waals surface area contributed by atoms with Crippen LogP contribution in [0.1, 0.15) is 29.7 Å². The molecule has 5 rings (SSSR count). The molecular weight excluding hydrogens is 420 g/mol. The molecule has 1 N–H and O–H groups in total. The van der Waals surface area contributed by atoms with Gasteiger partial charge in [0.25, 0.3) is 11.7 Å². The van der Waals surface area contributed by atoms with Crippen molar-refractivity contribution < 1.29 is 24.2 Å². The summed E-state index contributed by atoms with van der Waals surface area (Å²) >= 11 is 0. The van der Waals surface area contributed by atoms with Gasteiger partial charge in [-0.1, -0.05) is 12.1 Å². The molecule has 7 nitrogen and oxygen atoms in total. The summed E-state index contributed by atoms with van der Waals surface area (Å²) in [6, 6.07) is 14.9. The summed E-state index contributed by atoms with van der Waals surface area (Å²) in [4.78, 5) is 32.0. The van der Waals surface area contributed by atoms with Gasteiger partial charge >= 0.3 is 0 Å². The highest BCUT2D eigenvalue weighted by Crippen LogP contribution is 2.45. The Kier molecular flexibility index (Phi) is 5.09. The van der Waals surface area contributed by atoms with Gasteiger partial charge in [-0.3, -0.25) is 19.5 Å². The third kappa shape index (κ3) is 3.42. The van der Waals surface area contributed by atoms with Gasteiger partial charge in [-0.05, 0) is 60.5 Å². The number of anilines is 1. The number of para-hydroxylation sites is 2.